The van der Waals surface area contributed by atoms with Crippen LogP contribution in [0.1, 0.15) is 18.4 Å². The fraction of sp³-hybridized carbons (Fsp3) is 0.400. The second-order valence-electron chi connectivity index (χ2n) is 5.32. The molecule has 4 heteroatoms. The van der Waals surface area contributed by atoms with Crippen LogP contribution in [0.3, 0.4) is 0 Å². The van der Waals surface area contributed by atoms with E-state index in [1.165, 1.54) is 30.3 Å². The molecule has 19 heavy (non-hydrogen) atoms. The summed E-state index contributed by atoms with van der Waals surface area (Å²) >= 11 is 0. The molecule has 0 bridgehead atoms. The lowest BCUT2D eigenvalue weighted by atomic mass is 10.0. The quantitative estimate of drug-likeness (QED) is 0.826. The van der Waals surface area contributed by atoms with Gasteiger partial charge < -0.3 is 15.2 Å². The molecule has 0 saturated carbocycles. The summed E-state index contributed by atoms with van der Waals surface area (Å²) in [6, 6.07) is 6.62. The number of benzene rings is 1. The van der Waals surface area contributed by atoms with Crippen LogP contribution in [0.5, 0.6) is 0 Å². The number of hydrogen-bond donors (Lipinski definition) is 2. The van der Waals surface area contributed by atoms with E-state index < -0.39 is 0 Å². The first-order valence-corrected chi connectivity index (χ1v) is 6.78. The summed E-state index contributed by atoms with van der Waals surface area (Å²) in [6.45, 7) is 1.20. The van der Waals surface area contributed by atoms with E-state index in [-0.39, 0.29) is 0 Å². The van der Waals surface area contributed by atoms with Crippen LogP contribution >= 0.6 is 0 Å². The van der Waals surface area contributed by atoms with E-state index in [1.807, 2.05) is 18.2 Å². The van der Waals surface area contributed by atoms with Crippen molar-refractivity contribution in [3.63, 3.8) is 0 Å². The first kappa shape index (κ1) is 12.2. The van der Waals surface area contributed by atoms with E-state index in [1.54, 1.807) is 0 Å². The van der Waals surface area contributed by atoms with Crippen LogP contribution in [0, 0.1) is 0 Å². The van der Waals surface area contributed by atoms with E-state index in [2.05, 4.69) is 28.4 Å². The number of likely N-dealkylation sites (N-methyl/N-ethyl adjacent to an activating group) is 1. The molecule has 1 aromatic carbocycles. The summed E-state index contributed by atoms with van der Waals surface area (Å²) in [7, 11) is 2.20. The monoisotopic (exact) mass is 257 g/mol. The number of H-pyrrole nitrogens is 1. The van der Waals surface area contributed by atoms with Gasteiger partial charge in [-0.1, -0.05) is 0 Å². The van der Waals surface area contributed by atoms with Gasteiger partial charge in [-0.15, -0.1) is 0 Å². The van der Waals surface area contributed by atoms with Crippen molar-refractivity contribution in [2.45, 2.75) is 25.3 Å². The second-order valence-corrected chi connectivity index (χ2v) is 5.32. The van der Waals surface area contributed by atoms with Gasteiger partial charge >= 0.3 is 0 Å². The largest absolute Gasteiger partial charge is 0.361 e. The average molecular weight is 257 g/mol. The van der Waals surface area contributed by atoms with Crippen LogP contribution in [0.15, 0.2) is 24.4 Å². The number of nitrogens with one attached hydrogen (secondary N) is 2. The first-order chi connectivity index (χ1) is 9.28. The Bertz CT molecular complexity index is 590. The number of fused-ring (bicyclic) bond motifs is 1. The first-order valence-electron chi connectivity index (χ1n) is 6.78. The average Bonchev–Trinajstić information content (AvgIpc) is 2.98. The number of carbonyl (C=O) groups excluding carboxylic acids is 1. The number of rotatable bonds is 4. The van der Waals surface area contributed by atoms with Crippen molar-refractivity contribution in [3.8, 4) is 0 Å². The Hall–Kier alpha value is -1.81. The van der Waals surface area contributed by atoms with E-state index in [0.29, 0.717) is 6.04 Å². The van der Waals surface area contributed by atoms with Gasteiger partial charge in [0.1, 0.15) is 0 Å². The van der Waals surface area contributed by atoms with E-state index >= 15 is 0 Å². The van der Waals surface area contributed by atoms with E-state index in [4.69, 9.17) is 0 Å². The lowest BCUT2D eigenvalue weighted by Crippen LogP contribution is -2.26. The zero-order chi connectivity index (χ0) is 13.2. The highest BCUT2D eigenvalue weighted by atomic mass is 16.1. The predicted octanol–water partition coefficient (Wildman–Crippen LogP) is 2.37. The highest BCUT2D eigenvalue weighted by Crippen LogP contribution is 2.26. The van der Waals surface area contributed by atoms with Crippen LogP contribution in [0.4, 0.5) is 5.69 Å². The van der Waals surface area contributed by atoms with Gasteiger partial charge in [0.2, 0.25) is 6.41 Å². The Labute approximate surface area is 112 Å². The summed E-state index contributed by atoms with van der Waals surface area (Å²) < 4.78 is 0. The maximum atomic E-state index is 10.5. The van der Waals surface area contributed by atoms with Crippen molar-refractivity contribution >= 4 is 23.0 Å². The van der Waals surface area contributed by atoms with Gasteiger partial charge in [-0.3, -0.25) is 4.79 Å². The fourth-order valence-corrected chi connectivity index (χ4v) is 3.00. The van der Waals surface area contributed by atoms with E-state index in [0.717, 1.165) is 24.0 Å². The van der Waals surface area contributed by atoms with Crippen molar-refractivity contribution in [2.75, 3.05) is 18.9 Å². The number of aromatic amines is 1. The molecule has 1 aliphatic rings. The smallest absolute Gasteiger partial charge is 0.211 e. The molecule has 1 aliphatic heterocycles. The SMILES string of the molecule is CN1CCCC1Cc1c[nH]c2ccc(NC=O)cc12. The highest BCUT2D eigenvalue weighted by Gasteiger charge is 2.22. The third kappa shape index (κ3) is 2.36. The third-order valence-electron chi connectivity index (χ3n) is 4.12. The molecular weight excluding hydrogens is 238 g/mol. The minimum absolute atomic E-state index is 0.640. The number of likely N-dealkylation sites (tertiary alicyclic amines) is 1. The predicted molar refractivity (Wildman–Crippen MR) is 77.3 cm³/mol. The Morgan fingerprint density at radius 1 is 1.53 bits per heavy atom. The summed E-state index contributed by atoms with van der Waals surface area (Å²) in [5.74, 6) is 0. The van der Waals surface area contributed by atoms with Crippen molar-refractivity contribution in [1.29, 1.82) is 0 Å². The van der Waals surface area contributed by atoms with Gasteiger partial charge in [-0.05, 0) is 56.6 Å². The Morgan fingerprint density at radius 2 is 2.42 bits per heavy atom. The molecule has 0 radical (unpaired) electrons. The molecule has 2 heterocycles. The van der Waals surface area contributed by atoms with Crippen LogP contribution < -0.4 is 5.32 Å². The number of amides is 1. The summed E-state index contributed by atoms with van der Waals surface area (Å²) in [5.41, 5.74) is 3.32. The molecule has 3 rings (SSSR count). The topological polar surface area (TPSA) is 48.1 Å². The highest BCUT2D eigenvalue weighted by molar-refractivity contribution is 5.88. The number of nitrogens with zero attached hydrogens (tertiary/aromatic N) is 1. The van der Waals surface area contributed by atoms with Crippen molar-refractivity contribution < 1.29 is 4.79 Å². The Morgan fingerprint density at radius 3 is 3.16 bits per heavy atom. The van der Waals surface area contributed by atoms with Gasteiger partial charge in [-0.2, -0.15) is 0 Å². The number of hydrogen-bond acceptors (Lipinski definition) is 2. The molecule has 4 nitrogen and oxygen atoms in total. The normalized spacial score (nSPS) is 19.9. The van der Waals surface area contributed by atoms with Gasteiger partial charge in [0, 0.05) is 28.8 Å². The van der Waals surface area contributed by atoms with Gasteiger partial charge in [0.05, 0.1) is 0 Å². The molecule has 0 aliphatic carbocycles. The summed E-state index contributed by atoms with van der Waals surface area (Å²) in [6.07, 6.45) is 6.46. The Balaban J connectivity index is 1.90. The molecule has 1 fully saturated rings. The number of anilines is 1. The fourth-order valence-electron chi connectivity index (χ4n) is 3.00. The molecule has 2 aromatic rings. The van der Waals surface area contributed by atoms with E-state index in [9.17, 15) is 4.79 Å². The molecule has 2 N–H and O–H groups in total. The third-order valence-corrected chi connectivity index (χ3v) is 4.12. The molecule has 0 spiro atoms. The van der Waals surface area contributed by atoms with Crippen LogP contribution in [0.25, 0.3) is 10.9 Å². The zero-order valence-electron chi connectivity index (χ0n) is 11.1. The molecule has 100 valence electrons. The Kier molecular flexibility index (Phi) is 3.25. The molecule has 1 unspecified atom stereocenters. The summed E-state index contributed by atoms with van der Waals surface area (Å²) in [5, 5.41) is 3.93. The van der Waals surface area contributed by atoms with Crippen LogP contribution in [-0.4, -0.2) is 35.9 Å². The maximum Gasteiger partial charge on any atom is 0.211 e. The zero-order valence-corrected chi connectivity index (χ0v) is 11.1. The standard InChI is InChI=1S/C15H19N3O/c1-18-6-2-3-13(18)7-11-9-16-15-5-4-12(17-10-19)8-14(11)15/h4-5,8-10,13,16H,2-3,6-7H2,1H3,(H,17,19). The van der Waals surface area contributed by atoms with Gasteiger partial charge in [0.25, 0.3) is 0 Å². The molecule has 1 aromatic heterocycles. The minimum Gasteiger partial charge on any atom is -0.361 e. The summed E-state index contributed by atoms with van der Waals surface area (Å²) in [4.78, 5) is 16.3. The molecule has 1 saturated heterocycles. The van der Waals surface area contributed by atoms with Crippen molar-refractivity contribution in [1.82, 2.24) is 9.88 Å². The van der Waals surface area contributed by atoms with Crippen molar-refractivity contribution in [2.24, 2.45) is 0 Å². The molecular formula is C15H19N3O. The van der Waals surface area contributed by atoms with Crippen LogP contribution in [-0.2, 0) is 11.2 Å². The maximum absolute atomic E-state index is 10.5. The number of aromatic nitrogens is 1. The van der Waals surface area contributed by atoms with Gasteiger partial charge in [0.15, 0.2) is 0 Å². The molecule has 1 atom stereocenters. The molecule has 1 amide bonds. The lowest BCUT2D eigenvalue weighted by molar-refractivity contribution is -0.105. The van der Waals surface area contributed by atoms with Gasteiger partial charge in [-0.25, -0.2) is 0 Å². The second kappa shape index (κ2) is 5.05. The minimum atomic E-state index is 0.640. The van der Waals surface area contributed by atoms with Crippen molar-refractivity contribution in [3.05, 3.63) is 30.0 Å². The number of carbonyl (C=O) groups is 1. The lowest BCUT2D eigenvalue weighted by Gasteiger charge is -2.18. The van der Waals surface area contributed by atoms with Crippen LogP contribution in [0.2, 0.25) is 0 Å².